The molecule has 2 aliphatic rings. The third-order valence-corrected chi connectivity index (χ3v) is 16.7. The molecule has 0 aliphatic carbocycles. The minimum atomic E-state index is -0.371. The van der Waals surface area contributed by atoms with Crippen LogP contribution in [-0.2, 0) is 9.59 Å². The van der Waals surface area contributed by atoms with Crippen LogP contribution in [0.15, 0.2) is 216 Å². The quantitative estimate of drug-likeness (QED) is 0.0145. The highest BCUT2D eigenvalue weighted by Crippen LogP contribution is 2.30. The lowest BCUT2D eigenvalue weighted by atomic mass is 9.90. The molecule has 10 N–H and O–H groups in total. The Morgan fingerprint density at radius 1 is 0.430 bits per heavy atom. The van der Waals surface area contributed by atoms with Crippen molar-refractivity contribution in [3.8, 4) is 0 Å². The van der Waals surface area contributed by atoms with Crippen LogP contribution in [-0.4, -0.2) is 109 Å². The highest BCUT2D eigenvalue weighted by Gasteiger charge is 2.34. The van der Waals surface area contributed by atoms with Gasteiger partial charge in [-0.25, -0.2) is 0 Å². The number of carbonyl (C=O) groups is 4. The van der Waals surface area contributed by atoms with Crippen molar-refractivity contribution in [3.63, 3.8) is 0 Å². The third-order valence-electron chi connectivity index (χ3n) is 16.7. The average molecular weight is 1150 g/mol. The van der Waals surface area contributed by atoms with Crippen molar-refractivity contribution < 1.29 is 19.2 Å². The van der Waals surface area contributed by atoms with Crippen molar-refractivity contribution >= 4 is 56.8 Å². The molecule has 0 spiro atoms. The van der Waals surface area contributed by atoms with Crippen LogP contribution in [0.4, 0.5) is 0 Å². The molecule has 14 heteroatoms. The maximum absolute atomic E-state index is 14.0. The van der Waals surface area contributed by atoms with Crippen LogP contribution in [0.3, 0.4) is 0 Å². The van der Waals surface area contributed by atoms with Gasteiger partial charge < -0.3 is 43.4 Å². The number of rotatable bonds is 24. The summed E-state index contributed by atoms with van der Waals surface area (Å²) in [7, 11) is 0. The summed E-state index contributed by atoms with van der Waals surface area (Å²) in [6.07, 6.45) is 6.30. The third kappa shape index (κ3) is 17.6. The van der Waals surface area contributed by atoms with Gasteiger partial charge in [0.2, 0.25) is 11.8 Å². The first-order chi connectivity index (χ1) is 41.9. The van der Waals surface area contributed by atoms with Gasteiger partial charge in [0.15, 0.2) is 23.5 Å². The number of nitrogens with one attached hydrogen (secondary N) is 2. The molecule has 8 aromatic rings. The Balaban J connectivity index is 0.000000205. The summed E-state index contributed by atoms with van der Waals surface area (Å²) in [6.45, 7) is 3.36. The molecule has 0 saturated carbocycles. The zero-order chi connectivity index (χ0) is 60.0. The van der Waals surface area contributed by atoms with E-state index in [1.54, 1.807) is 0 Å². The Morgan fingerprint density at radius 3 is 1.09 bits per heavy atom. The van der Waals surface area contributed by atoms with E-state index in [9.17, 15) is 19.2 Å². The number of hydrogen-bond acceptors (Lipinski definition) is 8. The van der Waals surface area contributed by atoms with Gasteiger partial charge in [0.05, 0.1) is 12.1 Å². The number of fused-ring (bicyclic) bond motifs is 2. The molecule has 0 unspecified atom stereocenters. The van der Waals surface area contributed by atoms with Crippen molar-refractivity contribution in [2.45, 2.75) is 100 Å². The van der Waals surface area contributed by atoms with E-state index in [0.717, 1.165) is 45.5 Å². The van der Waals surface area contributed by atoms with E-state index in [1.807, 2.05) is 155 Å². The first-order valence-electron chi connectivity index (χ1n) is 30.4. The van der Waals surface area contributed by atoms with Gasteiger partial charge in [-0.2, -0.15) is 0 Å². The highest BCUT2D eigenvalue weighted by molar-refractivity contribution is 6.01. The largest absolute Gasteiger partial charge is 0.370 e. The Hall–Kier alpha value is -8.98. The van der Waals surface area contributed by atoms with Gasteiger partial charge in [-0.1, -0.05) is 194 Å². The van der Waals surface area contributed by atoms with E-state index in [4.69, 9.17) is 22.9 Å². The van der Waals surface area contributed by atoms with Gasteiger partial charge in [0, 0.05) is 87.2 Å². The van der Waals surface area contributed by atoms with Crippen LogP contribution in [0.25, 0.3) is 21.5 Å². The molecule has 10 rings (SSSR count). The number of guanidine groups is 2. The number of nitrogens with two attached hydrogens (primary N) is 4. The molecule has 2 amide bonds. The Kier molecular flexibility index (Phi) is 22.4. The Labute approximate surface area is 506 Å². The molecule has 14 nitrogen and oxygen atoms in total. The number of carbonyl (C=O) groups excluding carboxylic acids is 4. The summed E-state index contributed by atoms with van der Waals surface area (Å²) in [6, 6.07) is 68.8. The van der Waals surface area contributed by atoms with Crippen molar-refractivity contribution in [2.24, 2.45) is 32.9 Å². The standard InChI is InChI=1S/2C36H41N5O2/c2*37-36(38)39-22-9-16-33-35(43)41(25-32(27-11-3-1-4-12-27)28-13-5-2-6-14-28)23-21-31(40-33)19-20-34(42)30-18-17-26-10-7-8-15-29(26)24-30/h2*1-8,10-15,17-18,24,31-33,40H,9,16,19-23,25H2,(H4,37,38,39)/t31-,33+;31-,33-/m10/s1. The van der Waals surface area contributed by atoms with E-state index in [0.29, 0.717) is 90.6 Å². The van der Waals surface area contributed by atoms with E-state index in [1.165, 1.54) is 22.3 Å². The van der Waals surface area contributed by atoms with Crippen molar-refractivity contribution in [2.75, 3.05) is 39.3 Å². The number of aliphatic imine (C=N–C) groups is 2. The molecule has 2 saturated heterocycles. The molecule has 8 aromatic carbocycles. The predicted octanol–water partition coefficient (Wildman–Crippen LogP) is 10.5. The SMILES string of the molecule is NC(N)=NCCC[C@@H]1N[C@@H](CCC(=O)c2ccc3ccccc3c2)CCN(CC(c2ccccc2)c2ccccc2)C1=O.NC(N)=NCCC[C@@H]1N[C@H](CCC(=O)c2ccc3ccccc3c2)CCN(CC(c2ccccc2)c2ccccc2)C1=O. The van der Waals surface area contributed by atoms with E-state index in [2.05, 4.69) is 81.3 Å². The Morgan fingerprint density at radius 2 is 0.756 bits per heavy atom. The second-order valence-electron chi connectivity index (χ2n) is 22.7. The number of ketones is 2. The Bertz CT molecular complexity index is 3230. The summed E-state index contributed by atoms with van der Waals surface area (Å²) < 4.78 is 0. The molecule has 2 fully saturated rings. The van der Waals surface area contributed by atoms with Crippen LogP contribution in [0.1, 0.15) is 119 Å². The summed E-state index contributed by atoms with van der Waals surface area (Å²) in [4.78, 5) is 66.7. The van der Waals surface area contributed by atoms with Gasteiger partial charge in [-0.15, -0.1) is 0 Å². The smallest absolute Gasteiger partial charge is 0.239 e. The highest BCUT2D eigenvalue weighted by atomic mass is 16.2. The van der Waals surface area contributed by atoms with Crippen LogP contribution < -0.4 is 33.6 Å². The fourth-order valence-corrected chi connectivity index (χ4v) is 12.0. The molecule has 0 aromatic heterocycles. The van der Waals surface area contributed by atoms with Crippen LogP contribution in [0.5, 0.6) is 0 Å². The number of hydrogen-bond donors (Lipinski definition) is 6. The van der Waals surface area contributed by atoms with E-state index < -0.39 is 0 Å². The average Bonchev–Trinajstić information content (AvgIpc) is 3.67. The monoisotopic (exact) mass is 1150 g/mol. The molecule has 0 radical (unpaired) electrons. The van der Waals surface area contributed by atoms with E-state index in [-0.39, 0.29) is 71.3 Å². The molecule has 0 bridgehead atoms. The summed E-state index contributed by atoms with van der Waals surface area (Å²) >= 11 is 0. The maximum Gasteiger partial charge on any atom is 0.239 e. The van der Waals surface area contributed by atoms with Crippen molar-refractivity contribution in [1.82, 2.24) is 20.4 Å². The minimum Gasteiger partial charge on any atom is -0.370 e. The first-order valence-corrected chi connectivity index (χ1v) is 30.4. The summed E-state index contributed by atoms with van der Waals surface area (Å²) in [5.74, 6) is 0.644. The molecular weight excluding hydrogens is 1070 g/mol. The van der Waals surface area contributed by atoms with Gasteiger partial charge in [-0.3, -0.25) is 29.2 Å². The second kappa shape index (κ2) is 31.2. The normalized spacial score (nSPS) is 17.1. The zero-order valence-corrected chi connectivity index (χ0v) is 49.1. The number of Topliss-reactive ketones (excluding diaryl/α,β-unsaturated/α-hetero) is 2. The van der Waals surface area contributed by atoms with E-state index >= 15 is 0 Å². The minimum absolute atomic E-state index is 0.0401. The predicted molar refractivity (Wildman–Crippen MR) is 348 cm³/mol. The molecule has 2 heterocycles. The van der Waals surface area contributed by atoms with Gasteiger partial charge in [-0.05, 0) is 107 Å². The lowest BCUT2D eigenvalue weighted by molar-refractivity contribution is -0.133. The lowest BCUT2D eigenvalue weighted by Crippen LogP contribution is -2.46. The first kappa shape index (κ1) is 61.6. The maximum atomic E-state index is 14.0. The van der Waals surface area contributed by atoms with Crippen molar-refractivity contribution in [3.05, 3.63) is 240 Å². The van der Waals surface area contributed by atoms with Gasteiger partial charge in [0.1, 0.15) is 0 Å². The molecule has 4 atom stereocenters. The summed E-state index contributed by atoms with van der Waals surface area (Å²) in [5, 5.41) is 11.6. The van der Waals surface area contributed by atoms with Gasteiger partial charge in [0.25, 0.3) is 0 Å². The molecule has 86 heavy (non-hydrogen) atoms. The number of benzene rings is 8. The topological polar surface area (TPSA) is 228 Å². The van der Waals surface area contributed by atoms with Crippen LogP contribution >= 0.6 is 0 Å². The second-order valence-corrected chi connectivity index (χ2v) is 22.7. The van der Waals surface area contributed by atoms with Crippen molar-refractivity contribution in [1.29, 1.82) is 0 Å². The summed E-state index contributed by atoms with van der Waals surface area (Å²) in [5.41, 5.74) is 28.3. The van der Waals surface area contributed by atoms with Crippen LogP contribution in [0, 0.1) is 0 Å². The molecular formula is C72H82N10O4. The fraction of sp³-hybridized carbons (Fsp3) is 0.306. The van der Waals surface area contributed by atoms with Crippen LogP contribution in [0.2, 0.25) is 0 Å². The lowest BCUT2D eigenvalue weighted by Gasteiger charge is -2.29. The zero-order valence-electron chi connectivity index (χ0n) is 49.1. The molecule has 444 valence electrons. The number of nitrogens with zero attached hydrogens (tertiary/aromatic N) is 4. The number of amides is 2. The molecule has 2 aliphatic heterocycles. The fourth-order valence-electron chi connectivity index (χ4n) is 12.0. The van der Waals surface area contributed by atoms with Gasteiger partial charge >= 0.3 is 0 Å².